The van der Waals surface area contributed by atoms with Crippen LogP contribution in [0.25, 0.3) is 11.2 Å². The second kappa shape index (κ2) is 8.80. The van der Waals surface area contributed by atoms with Gasteiger partial charge in [0.2, 0.25) is 5.95 Å². The number of imidazole rings is 1. The summed E-state index contributed by atoms with van der Waals surface area (Å²) < 4.78 is 56.3. The highest BCUT2D eigenvalue weighted by atomic mass is 32.5. The Labute approximate surface area is 187 Å². The van der Waals surface area contributed by atoms with Gasteiger partial charge in [0, 0.05) is 0 Å². The third kappa shape index (κ3) is 5.91. The lowest BCUT2D eigenvalue weighted by Gasteiger charge is -2.24. The van der Waals surface area contributed by atoms with Crippen molar-refractivity contribution in [2.24, 2.45) is 0 Å². The normalized spacial score (nSPS) is 29.7. The van der Waals surface area contributed by atoms with Crippen LogP contribution in [0.2, 0.25) is 0 Å². The number of aliphatic hydroxyl groups excluding tert-OH is 1. The number of alkyl halides is 1. The second-order valence-electron chi connectivity index (χ2n) is 6.78. The topological polar surface area (TPSA) is 262 Å². The predicted octanol–water partition coefficient (Wildman–Crippen LogP) is -0.852. The van der Waals surface area contributed by atoms with Crippen molar-refractivity contribution in [1.29, 1.82) is 0 Å². The lowest BCUT2D eigenvalue weighted by molar-refractivity contribution is -0.0548. The van der Waals surface area contributed by atoms with Crippen molar-refractivity contribution in [1.82, 2.24) is 19.5 Å². The van der Waals surface area contributed by atoms with Crippen molar-refractivity contribution in [3.63, 3.8) is 0 Å². The molecule has 22 heteroatoms. The number of nitrogens with one attached hydrogen (secondary N) is 1. The maximum absolute atomic E-state index is 15.4. The minimum atomic E-state index is -5.56. The number of nitrogens with two attached hydrogens (primary N) is 1. The average molecular weight is 555 g/mol. The van der Waals surface area contributed by atoms with Crippen molar-refractivity contribution in [2.45, 2.75) is 31.0 Å². The molecule has 0 bridgehead atoms. The van der Waals surface area contributed by atoms with E-state index >= 15 is 4.39 Å². The van der Waals surface area contributed by atoms with Crippen LogP contribution in [0.15, 0.2) is 11.1 Å². The summed E-state index contributed by atoms with van der Waals surface area (Å²) in [5.74, 6) is -0.294. The first-order chi connectivity index (χ1) is 14.9. The zero-order valence-corrected chi connectivity index (χ0v) is 19.7. The molecule has 0 spiro atoms. The summed E-state index contributed by atoms with van der Waals surface area (Å²) in [4.78, 5) is 58.1. The molecule has 3 heterocycles. The van der Waals surface area contributed by atoms with Gasteiger partial charge in [0.1, 0.15) is 12.2 Å². The Morgan fingerprint density at radius 2 is 2.00 bits per heavy atom. The van der Waals surface area contributed by atoms with Gasteiger partial charge >= 0.3 is 22.4 Å². The number of aliphatic hydroxyl groups is 1. The molecule has 0 amide bonds. The van der Waals surface area contributed by atoms with Gasteiger partial charge in [-0.05, 0) is 18.7 Å². The van der Waals surface area contributed by atoms with Crippen LogP contribution >= 0.6 is 22.4 Å². The zero-order chi connectivity index (χ0) is 25.0. The molecular formula is C11H17FN5O12P3S. The molecule has 3 rings (SSSR count). The van der Waals surface area contributed by atoms with Gasteiger partial charge in [-0.1, -0.05) is 0 Å². The van der Waals surface area contributed by atoms with E-state index in [-0.39, 0.29) is 17.1 Å². The highest BCUT2D eigenvalue weighted by molar-refractivity contribution is 8.08. The number of phosphoric acid groups is 2. The Kier molecular flexibility index (Phi) is 7.05. The van der Waals surface area contributed by atoms with Crippen molar-refractivity contribution in [2.75, 3.05) is 12.3 Å². The number of H-pyrrole nitrogens is 1. The van der Waals surface area contributed by atoms with Crippen LogP contribution < -0.4 is 11.3 Å². The summed E-state index contributed by atoms with van der Waals surface area (Å²) >= 11 is 4.46. The number of halogens is 1. The summed E-state index contributed by atoms with van der Waals surface area (Å²) in [5.41, 5.74) is 1.88. The van der Waals surface area contributed by atoms with Crippen LogP contribution in [-0.4, -0.2) is 68.7 Å². The maximum atomic E-state index is 15.4. The van der Waals surface area contributed by atoms with Gasteiger partial charge in [-0.25, -0.2) is 22.8 Å². The van der Waals surface area contributed by atoms with E-state index < -0.39 is 58.6 Å². The van der Waals surface area contributed by atoms with Gasteiger partial charge in [-0.15, -0.1) is 0 Å². The number of fused-ring (bicyclic) bond motifs is 1. The van der Waals surface area contributed by atoms with E-state index in [1.54, 1.807) is 0 Å². The molecule has 2 aromatic heterocycles. The van der Waals surface area contributed by atoms with Crippen molar-refractivity contribution >= 4 is 51.3 Å². The number of rotatable bonds is 8. The van der Waals surface area contributed by atoms with E-state index in [1.165, 1.54) is 0 Å². The third-order valence-corrected chi connectivity index (χ3v) is 8.96. The highest BCUT2D eigenvalue weighted by Gasteiger charge is 2.56. The summed E-state index contributed by atoms with van der Waals surface area (Å²) in [5, 5.41) is 10.3. The molecule has 0 aliphatic carbocycles. The predicted molar refractivity (Wildman–Crippen MR) is 108 cm³/mol. The number of ether oxygens (including phenoxy) is 1. The van der Waals surface area contributed by atoms with Gasteiger partial charge in [0.05, 0.1) is 12.9 Å². The molecule has 33 heavy (non-hydrogen) atoms. The van der Waals surface area contributed by atoms with Crippen molar-refractivity contribution in [3.8, 4) is 0 Å². The zero-order valence-electron chi connectivity index (χ0n) is 16.2. The molecule has 0 saturated carbocycles. The SMILES string of the molecule is C[C@@]1(F)[C@H](O)[C@@H](CO[P@](O)(=S)OP(=O)(O)OP(=O)(O)O)O[C@H]1n1cnc2c(=O)[nH]c(N)nc21. The van der Waals surface area contributed by atoms with E-state index in [0.717, 1.165) is 17.8 Å². The van der Waals surface area contributed by atoms with E-state index in [9.17, 15) is 28.8 Å². The molecule has 186 valence electrons. The van der Waals surface area contributed by atoms with Crippen LogP contribution in [0.3, 0.4) is 0 Å². The monoisotopic (exact) mass is 555 g/mol. The Bertz CT molecular complexity index is 1260. The number of aromatic amines is 1. The van der Waals surface area contributed by atoms with Gasteiger partial charge in [0.25, 0.3) is 5.56 Å². The number of hydrogen-bond acceptors (Lipinski definition) is 12. The Morgan fingerprint density at radius 1 is 1.36 bits per heavy atom. The van der Waals surface area contributed by atoms with E-state index in [4.69, 9.17) is 24.8 Å². The smallest absolute Gasteiger partial charge is 0.387 e. The van der Waals surface area contributed by atoms with Gasteiger partial charge in [0.15, 0.2) is 23.1 Å². The molecule has 0 radical (unpaired) electrons. The van der Waals surface area contributed by atoms with E-state index in [1.807, 2.05) is 0 Å². The molecule has 1 unspecified atom stereocenters. The quantitative estimate of drug-likeness (QED) is 0.196. The van der Waals surface area contributed by atoms with Crippen molar-refractivity contribution < 1.29 is 56.1 Å². The molecule has 2 aromatic rings. The fraction of sp³-hybridized carbons (Fsp3) is 0.545. The largest absolute Gasteiger partial charge is 0.488 e. The Balaban J connectivity index is 1.78. The molecule has 1 aliphatic heterocycles. The standard InChI is InChI=1S/C11H17FN5O12P3S/c1-11(12)6(18)4(2-26-32(25,33)29-31(23,24)28-30(20,21)22)27-9(11)17-3-14-5-7(17)15-10(13)16-8(5)19/h3-4,6,9,18H,2H2,1H3,(H,23,24)(H,25,33)(H2,20,21,22)(H3,13,15,16,19)/t4-,6-,9-,11-,32+/m1/s1. The fourth-order valence-corrected chi connectivity index (χ4v) is 6.91. The summed E-state index contributed by atoms with van der Waals surface area (Å²) in [7, 11) is -11.1. The number of hydrogen-bond donors (Lipinski definition) is 7. The third-order valence-electron chi connectivity index (χ3n) is 4.24. The molecule has 8 N–H and O–H groups in total. The minimum Gasteiger partial charge on any atom is -0.387 e. The molecule has 1 saturated heterocycles. The van der Waals surface area contributed by atoms with E-state index in [2.05, 4.69) is 35.4 Å². The van der Waals surface area contributed by atoms with Gasteiger partial charge < -0.3 is 39.7 Å². The number of anilines is 1. The first kappa shape index (κ1) is 26.4. The number of nitrogens with zero attached hydrogens (tertiary/aromatic N) is 3. The number of nitrogen functional groups attached to an aromatic ring is 1. The number of aromatic nitrogens is 4. The van der Waals surface area contributed by atoms with Crippen LogP contribution in [0.5, 0.6) is 0 Å². The first-order valence-corrected chi connectivity index (χ1v) is 14.1. The first-order valence-electron chi connectivity index (χ1n) is 8.45. The van der Waals surface area contributed by atoms with Gasteiger partial charge in [-0.3, -0.25) is 14.3 Å². The maximum Gasteiger partial charge on any atom is 0.488 e. The van der Waals surface area contributed by atoms with Crippen LogP contribution in [-0.2, 0) is 38.8 Å². The Hall–Kier alpha value is -1.17. The molecule has 1 aliphatic rings. The molecular weight excluding hydrogens is 538 g/mol. The molecule has 17 nitrogen and oxygen atoms in total. The van der Waals surface area contributed by atoms with Crippen LogP contribution in [0, 0.1) is 0 Å². The summed E-state index contributed by atoms with van der Waals surface area (Å²) in [6.07, 6.45) is -4.09. The second-order valence-corrected chi connectivity index (χ2v) is 12.6. The van der Waals surface area contributed by atoms with Crippen LogP contribution in [0.4, 0.5) is 10.3 Å². The Morgan fingerprint density at radius 3 is 2.61 bits per heavy atom. The molecule has 1 fully saturated rings. The molecule has 0 aromatic carbocycles. The molecule has 6 atom stereocenters. The fourth-order valence-electron chi connectivity index (χ4n) is 2.94. The summed E-state index contributed by atoms with van der Waals surface area (Å²) in [6.45, 7) is -4.66. The lowest BCUT2D eigenvalue weighted by atomic mass is 9.98. The van der Waals surface area contributed by atoms with Crippen LogP contribution in [0.1, 0.15) is 13.2 Å². The van der Waals surface area contributed by atoms with Crippen molar-refractivity contribution in [3.05, 3.63) is 16.7 Å². The summed E-state index contributed by atoms with van der Waals surface area (Å²) in [6, 6.07) is 0. The van der Waals surface area contributed by atoms with Gasteiger partial charge in [-0.2, -0.15) is 9.29 Å². The average Bonchev–Trinajstić information content (AvgIpc) is 3.10. The lowest BCUT2D eigenvalue weighted by Crippen LogP contribution is -2.40. The highest BCUT2D eigenvalue weighted by Crippen LogP contribution is 2.66. The minimum absolute atomic E-state index is 0.162. The van der Waals surface area contributed by atoms with E-state index in [0.29, 0.717) is 0 Å².